The van der Waals surface area contributed by atoms with E-state index >= 15 is 0 Å². The van der Waals surface area contributed by atoms with Gasteiger partial charge in [0.2, 0.25) is 0 Å². The van der Waals surface area contributed by atoms with E-state index in [1.165, 1.54) is 0 Å². The number of amidine groups is 1. The molecular weight excluding hydrogens is 244 g/mol. The summed E-state index contributed by atoms with van der Waals surface area (Å²) < 4.78 is 4.83. The Morgan fingerprint density at radius 3 is 2.47 bits per heavy atom. The van der Waals surface area contributed by atoms with Crippen LogP contribution in [-0.4, -0.2) is 29.3 Å². The van der Waals surface area contributed by atoms with Crippen LogP contribution in [0.5, 0.6) is 0 Å². The molecule has 1 N–H and O–H groups in total. The lowest BCUT2D eigenvalue weighted by molar-refractivity contribution is -0.141. The fourth-order valence-electron chi connectivity index (χ4n) is 1.49. The predicted molar refractivity (Wildman–Crippen MR) is 73.9 cm³/mol. The van der Waals surface area contributed by atoms with Crippen LogP contribution in [0.2, 0.25) is 0 Å². The molecule has 0 aliphatic carbocycles. The average Bonchev–Trinajstić information content (AvgIpc) is 2.37. The summed E-state index contributed by atoms with van der Waals surface area (Å²) in [5.41, 5.74) is 2.33. The van der Waals surface area contributed by atoms with Gasteiger partial charge in [-0.2, -0.15) is 0 Å². The summed E-state index contributed by atoms with van der Waals surface area (Å²) in [6.45, 7) is 5.74. The van der Waals surface area contributed by atoms with Crippen molar-refractivity contribution >= 4 is 17.5 Å². The molecule has 0 saturated carbocycles. The number of nitrogens with zero attached hydrogens (tertiary/aromatic N) is 2. The molecule has 1 rings (SSSR count). The Balaban J connectivity index is 2.81. The van der Waals surface area contributed by atoms with Gasteiger partial charge in [0, 0.05) is 11.3 Å². The third-order valence-electron chi connectivity index (χ3n) is 2.41. The van der Waals surface area contributed by atoms with Crippen LogP contribution in [0.15, 0.2) is 34.4 Å². The fraction of sp³-hybridized carbons (Fsp3) is 0.357. The first-order chi connectivity index (χ1) is 9.06. The van der Waals surface area contributed by atoms with Gasteiger partial charge in [0.25, 0.3) is 0 Å². The number of hydrogen-bond donors (Lipinski definition) is 1. The van der Waals surface area contributed by atoms with Crippen molar-refractivity contribution in [3.63, 3.8) is 0 Å². The first-order valence-electron chi connectivity index (χ1n) is 6.05. The van der Waals surface area contributed by atoms with Gasteiger partial charge in [-0.3, -0.25) is 4.79 Å². The van der Waals surface area contributed by atoms with E-state index in [4.69, 9.17) is 9.94 Å². The number of benzene rings is 1. The van der Waals surface area contributed by atoms with Gasteiger partial charge in [-0.25, -0.2) is 4.99 Å². The summed E-state index contributed by atoms with van der Waals surface area (Å²) in [5, 5.41) is 12.2. The van der Waals surface area contributed by atoms with Crippen LogP contribution in [0.25, 0.3) is 0 Å². The number of esters is 1. The van der Waals surface area contributed by atoms with Crippen molar-refractivity contribution in [3.05, 3.63) is 35.4 Å². The van der Waals surface area contributed by atoms with Crippen molar-refractivity contribution in [1.29, 1.82) is 0 Å². The molecule has 102 valence electrons. The Bertz CT molecular complexity index is 490. The molecule has 0 aliphatic rings. The topological polar surface area (TPSA) is 71.2 Å². The summed E-state index contributed by atoms with van der Waals surface area (Å²) >= 11 is 0. The highest BCUT2D eigenvalue weighted by Gasteiger charge is 2.07. The number of aliphatic imine (C=N–C) groups is 1. The van der Waals surface area contributed by atoms with Crippen LogP contribution < -0.4 is 0 Å². The SMILES string of the molecule is CCOC(=O)CC(C)=N/C(=N\O)c1ccc(C)cc1. The van der Waals surface area contributed by atoms with E-state index in [1.54, 1.807) is 13.8 Å². The molecule has 1 aromatic carbocycles. The monoisotopic (exact) mass is 262 g/mol. The lowest BCUT2D eigenvalue weighted by atomic mass is 10.1. The summed E-state index contributed by atoms with van der Waals surface area (Å²) in [7, 11) is 0. The molecule has 0 atom stereocenters. The van der Waals surface area contributed by atoms with Gasteiger partial charge < -0.3 is 9.94 Å². The van der Waals surface area contributed by atoms with E-state index in [0.29, 0.717) is 17.9 Å². The van der Waals surface area contributed by atoms with Crippen LogP contribution in [0.3, 0.4) is 0 Å². The van der Waals surface area contributed by atoms with Crippen LogP contribution in [0, 0.1) is 6.92 Å². The largest absolute Gasteiger partial charge is 0.466 e. The Labute approximate surface area is 112 Å². The maximum atomic E-state index is 11.3. The molecule has 0 aromatic heterocycles. The van der Waals surface area contributed by atoms with Gasteiger partial charge in [-0.05, 0) is 20.8 Å². The van der Waals surface area contributed by atoms with Gasteiger partial charge in [0.1, 0.15) is 0 Å². The first-order valence-corrected chi connectivity index (χ1v) is 6.05. The highest BCUT2D eigenvalue weighted by Crippen LogP contribution is 2.06. The number of carbonyl (C=O) groups excluding carboxylic acids is 1. The van der Waals surface area contributed by atoms with E-state index < -0.39 is 0 Å². The molecule has 0 spiro atoms. The number of rotatable bonds is 4. The normalized spacial score (nSPS) is 12.4. The molecule has 19 heavy (non-hydrogen) atoms. The fourth-order valence-corrected chi connectivity index (χ4v) is 1.49. The second kappa shape index (κ2) is 7.31. The van der Waals surface area contributed by atoms with Crippen LogP contribution in [0.1, 0.15) is 31.4 Å². The molecular formula is C14H18N2O3. The highest BCUT2D eigenvalue weighted by atomic mass is 16.5. The van der Waals surface area contributed by atoms with Crippen LogP contribution >= 0.6 is 0 Å². The zero-order valence-corrected chi connectivity index (χ0v) is 11.4. The number of carbonyl (C=O) groups is 1. The van der Waals surface area contributed by atoms with Crippen LogP contribution in [0.4, 0.5) is 0 Å². The highest BCUT2D eigenvalue weighted by molar-refractivity contribution is 6.09. The van der Waals surface area contributed by atoms with E-state index in [0.717, 1.165) is 5.56 Å². The summed E-state index contributed by atoms with van der Waals surface area (Å²) in [6.07, 6.45) is 0.0821. The molecule has 5 heteroatoms. The summed E-state index contributed by atoms with van der Waals surface area (Å²) in [6, 6.07) is 7.42. The minimum atomic E-state index is -0.343. The zero-order valence-electron chi connectivity index (χ0n) is 11.4. The Morgan fingerprint density at radius 2 is 1.95 bits per heavy atom. The van der Waals surface area contributed by atoms with Crippen molar-refractivity contribution in [3.8, 4) is 0 Å². The molecule has 1 aromatic rings. The van der Waals surface area contributed by atoms with E-state index in [1.807, 2.05) is 31.2 Å². The summed E-state index contributed by atoms with van der Waals surface area (Å²) in [5.74, 6) is -0.160. The number of hydrogen-bond acceptors (Lipinski definition) is 4. The Hall–Kier alpha value is -2.17. The van der Waals surface area contributed by atoms with Gasteiger partial charge in [0.05, 0.1) is 13.0 Å². The second-order valence-electron chi connectivity index (χ2n) is 4.12. The molecule has 0 fully saturated rings. The van der Waals surface area contributed by atoms with Crippen molar-refractivity contribution in [2.24, 2.45) is 10.1 Å². The van der Waals surface area contributed by atoms with E-state index in [2.05, 4.69) is 10.1 Å². The van der Waals surface area contributed by atoms with Crippen molar-refractivity contribution in [1.82, 2.24) is 0 Å². The molecule has 0 heterocycles. The zero-order chi connectivity index (χ0) is 14.3. The maximum absolute atomic E-state index is 11.3. The number of ether oxygens (including phenoxy) is 1. The minimum absolute atomic E-state index is 0.0821. The molecule has 0 unspecified atom stereocenters. The molecule has 0 radical (unpaired) electrons. The quantitative estimate of drug-likeness (QED) is 0.298. The molecule has 0 bridgehead atoms. The Kier molecular flexibility index (Phi) is 5.73. The maximum Gasteiger partial charge on any atom is 0.311 e. The Morgan fingerprint density at radius 1 is 1.32 bits per heavy atom. The average molecular weight is 262 g/mol. The smallest absolute Gasteiger partial charge is 0.311 e. The molecule has 0 saturated heterocycles. The van der Waals surface area contributed by atoms with Crippen molar-refractivity contribution in [2.75, 3.05) is 6.61 Å². The van der Waals surface area contributed by atoms with Crippen molar-refractivity contribution in [2.45, 2.75) is 27.2 Å². The number of aryl methyl sites for hydroxylation is 1. The minimum Gasteiger partial charge on any atom is -0.466 e. The molecule has 0 aliphatic heterocycles. The summed E-state index contributed by atoms with van der Waals surface area (Å²) in [4.78, 5) is 15.4. The van der Waals surface area contributed by atoms with Gasteiger partial charge >= 0.3 is 5.97 Å². The molecule has 5 nitrogen and oxygen atoms in total. The first kappa shape index (κ1) is 14.9. The van der Waals surface area contributed by atoms with Gasteiger partial charge in [-0.1, -0.05) is 35.0 Å². The van der Waals surface area contributed by atoms with Gasteiger partial charge in [0.15, 0.2) is 5.84 Å². The van der Waals surface area contributed by atoms with E-state index in [9.17, 15) is 4.79 Å². The van der Waals surface area contributed by atoms with Gasteiger partial charge in [-0.15, -0.1) is 0 Å². The second-order valence-corrected chi connectivity index (χ2v) is 4.12. The molecule has 0 amide bonds. The third-order valence-corrected chi connectivity index (χ3v) is 2.41. The van der Waals surface area contributed by atoms with E-state index in [-0.39, 0.29) is 18.2 Å². The van der Waals surface area contributed by atoms with Crippen LogP contribution in [-0.2, 0) is 9.53 Å². The lowest BCUT2D eigenvalue weighted by Gasteiger charge is -2.03. The number of oxime groups is 1. The van der Waals surface area contributed by atoms with Crippen molar-refractivity contribution < 1.29 is 14.7 Å². The lowest BCUT2D eigenvalue weighted by Crippen LogP contribution is -2.11. The third kappa shape index (κ3) is 4.91. The predicted octanol–water partition coefficient (Wildman–Crippen LogP) is 2.54. The standard InChI is InChI=1S/C14H18N2O3/c1-4-19-13(17)9-11(3)15-14(16-18)12-7-5-10(2)6-8-12/h5-8,18H,4,9H2,1-3H3/b15-11?,16-14-.